The Bertz CT molecular complexity index is 1330. The largest absolute Gasteiger partial charge is 0.507 e. The van der Waals surface area contributed by atoms with Gasteiger partial charge in [0.1, 0.15) is 10.8 Å². The smallest absolute Gasteiger partial charge is 0.125 e. The van der Waals surface area contributed by atoms with E-state index in [9.17, 15) is 5.11 Å². The second kappa shape index (κ2) is 7.68. The highest BCUT2D eigenvalue weighted by Gasteiger charge is 2.38. The third-order valence-electron chi connectivity index (χ3n) is 6.11. The van der Waals surface area contributed by atoms with Crippen molar-refractivity contribution >= 4 is 17.4 Å². The predicted molar refractivity (Wildman–Crippen MR) is 132 cm³/mol. The summed E-state index contributed by atoms with van der Waals surface area (Å²) in [7, 11) is 4.06. The third kappa shape index (κ3) is 3.43. The summed E-state index contributed by atoms with van der Waals surface area (Å²) in [6, 6.07) is 22.4. The highest BCUT2D eigenvalue weighted by atomic mass is 32.2. The molecule has 1 aliphatic rings. The van der Waals surface area contributed by atoms with Gasteiger partial charge in [0.15, 0.2) is 0 Å². The minimum atomic E-state index is -0.185. The van der Waals surface area contributed by atoms with Gasteiger partial charge in [-0.2, -0.15) is 0 Å². The van der Waals surface area contributed by atoms with Gasteiger partial charge in [0, 0.05) is 47.4 Å². The van der Waals surface area contributed by atoms with E-state index < -0.39 is 0 Å². The van der Waals surface area contributed by atoms with Crippen LogP contribution in [0.4, 0.5) is 5.69 Å². The zero-order valence-electron chi connectivity index (χ0n) is 18.6. The molecular formula is C27H25N3OS. The molecule has 2 aromatic heterocycles. The first kappa shape index (κ1) is 20.6. The average molecular weight is 440 g/mol. The molecule has 4 aromatic rings. The van der Waals surface area contributed by atoms with Crippen LogP contribution in [0, 0.1) is 0 Å². The van der Waals surface area contributed by atoms with Crippen molar-refractivity contribution in [3.8, 4) is 28.3 Å². The van der Waals surface area contributed by atoms with Gasteiger partial charge < -0.3 is 10.0 Å². The van der Waals surface area contributed by atoms with Crippen LogP contribution in [0.1, 0.15) is 25.0 Å². The van der Waals surface area contributed by atoms with Gasteiger partial charge in [-0.15, -0.1) is 0 Å². The fraction of sp³-hybridized carbons (Fsp3) is 0.185. The normalized spacial score (nSPS) is 13.5. The highest BCUT2D eigenvalue weighted by molar-refractivity contribution is 7.99. The van der Waals surface area contributed by atoms with Crippen molar-refractivity contribution in [1.82, 2.24) is 9.97 Å². The molecule has 0 amide bonds. The highest BCUT2D eigenvalue weighted by Crippen LogP contribution is 2.51. The number of pyridine rings is 2. The molecular weight excluding hydrogens is 414 g/mol. The van der Waals surface area contributed by atoms with Crippen molar-refractivity contribution in [1.29, 1.82) is 0 Å². The van der Waals surface area contributed by atoms with E-state index in [1.54, 1.807) is 17.8 Å². The van der Waals surface area contributed by atoms with Crippen molar-refractivity contribution in [3.63, 3.8) is 0 Å². The van der Waals surface area contributed by atoms with Gasteiger partial charge in [0.2, 0.25) is 0 Å². The second-order valence-corrected chi connectivity index (χ2v) is 9.89. The van der Waals surface area contributed by atoms with E-state index in [0.717, 1.165) is 49.3 Å². The molecule has 5 rings (SSSR count). The van der Waals surface area contributed by atoms with Crippen molar-refractivity contribution < 1.29 is 5.11 Å². The predicted octanol–water partition coefficient (Wildman–Crippen LogP) is 6.37. The molecule has 0 aliphatic heterocycles. The van der Waals surface area contributed by atoms with E-state index in [1.807, 2.05) is 32.4 Å². The zero-order chi connectivity index (χ0) is 22.5. The molecule has 1 N–H and O–H groups in total. The van der Waals surface area contributed by atoms with Gasteiger partial charge >= 0.3 is 0 Å². The quantitative estimate of drug-likeness (QED) is 0.400. The van der Waals surface area contributed by atoms with Crippen molar-refractivity contribution in [2.75, 3.05) is 19.0 Å². The summed E-state index contributed by atoms with van der Waals surface area (Å²) >= 11 is 1.64. The molecule has 0 saturated heterocycles. The minimum absolute atomic E-state index is 0.185. The van der Waals surface area contributed by atoms with Gasteiger partial charge in [0.05, 0.1) is 11.4 Å². The van der Waals surface area contributed by atoms with Crippen LogP contribution in [0.2, 0.25) is 0 Å². The van der Waals surface area contributed by atoms with Crippen LogP contribution in [0.5, 0.6) is 5.75 Å². The number of fused-ring (bicyclic) bond motifs is 3. The molecule has 160 valence electrons. The molecule has 0 fully saturated rings. The Morgan fingerprint density at radius 1 is 0.906 bits per heavy atom. The number of aromatic hydroxyl groups is 1. The maximum atomic E-state index is 10.6. The fourth-order valence-corrected chi connectivity index (χ4v) is 5.21. The molecule has 1 aliphatic carbocycles. The first-order chi connectivity index (χ1) is 15.3. The number of phenols is 1. The van der Waals surface area contributed by atoms with Crippen LogP contribution >= 0.6 is 11.8 Å². The lowest BCUT2D eigenvalue weighted by molar-refractivity contribution is 0.476. The summed E-state index contributed by atoms with van der Waals surface area (Å²) in [4.78, 5) is 12.7. The molecule has 0 radical (unpaired) electrons. The zero-order valence-corrected chi connectivity index (χ0v) is 19.4. The monoisotopic (exact) mass is 439 g/mol. The lowest BCUT2D eigenvalue weighted by Crippen LogP contribution is -2.14. The van der Waals surface area contributed by atoms with Crippen LogP contribution in [0.25, 0.3) is 22.5 Å². The van der Waals surface area contributed by atoms with Gasteiger partial charge in [0.25, 0.3) is 0 Å². The van der Waals surface area contributed by atoms with Gasteiger partial charge in [-0.1, -0.05) is 55.9 Å². The van der Waals surface area contributed by atoms with Crippen molar-refractivity contribution in [2.24, 2.45) is 0 Å². The Morgan fingerprint density at radius 2 is 1.72 bits per heavy atom. The van der Waals surface area contributed by atoms with E-state index in [2.05, 4.69) is 72.3 Å². The summed E-state index contributed by atoms with van der Waals surface area (Å²) in [5.74, 6) is 0.287. The average Bonchev–Trinajstić information content (AvgIpc) is 3.02. The molecule has 0 saturated carbocycles. The fourth-order valence-electron chi connectivity index (χ4n) is 4.34. The number of phenolic OH excluding ortho intramolecular Hbond substituents is 1. The van der Waals surface area contributed by atoms with Crippen LogP contribution in [0.3, 0.4) is 0 Å². The Balaban J connectivity index is 1.52. The molecule has 0 unspecified atom stereocenters. The maximum absolute atomic E-state index is 10.6. The lowest BCUT2D eigenvalue weighted by Gasteiger charge is -2.21. The number of hydrogen-bond donors (Lipinski definition) is 1. The Hall–Kier alpha value is -3.31. The molecule has 0 bridgehead atoms. The number of rotatable bonds is 4. The summed E-state index contributed by atoms with van der Waals surface area (Å²) in [5.41, 5.74) is 6.87. The number of aromatic nitrogens is 2. The van der Waals surface area contributed by atoms with Gasteiger partial charge in [-0.25, -0.2) is 9.97 Å². The van der Waals surface area contributed by atoms with Crippen LogP contribution < -0.4 is 4.90 Å². The Labute approximate surface area is 193 Å². The maximum Gasteiger partial charge on any atom is 0.125 e. The summed E-state index contributed by atoms with van der Waals surface area (Å²) in [6.45, 7) is 4.37. The number of nitrogens with zero attached hydrogens (tertiary/aromatic N) is 3. The molecule has 5 heteroatoms. The summed E-state index contributed by atoms with van der Waals surface area (Å²) in [6.07, 6.45) is 1.84. The summed E-state index contributed by atoms with van der Waals surface area (Å²) in [5, 5.41) is 11.5. The molecule has 4 nitrogen and oxygen atoms in total. The Kier molecular flexibility index (Phi) is 4.94. The van der Waals surface area contributed by atoms with Crippen LogP contribution in [-0.2, 0) is 5.41 Å². The van der Waals surface area contributed by atoms with E-state index in [-0.39, 0.29) is 11.2 Å². The van der Waals surface area contributed by atoms with Crippen LogP contribution in [0.15, 0.2) is 82.8 Å². The number of benzene rings is 2. The van der Waals surface area contributed by atoms with E-state index in [4.69, 9.17) is 4.98 Å². The SMILES string of the molecule is CN(C)c1ccnc(Sc2cccc(-c3ccc4c(n3)-c3c(O)cccc3C4(C)C)c2)c1. The molecule has 0 atom stereocenters. The molecule has 0 spiro atoms. The second-order valence-electron chi connectivity index (χ2n) is 8.79. The third-order valence-corrected chi connectivity index (χ3v) is 7.03. The van der Waals surface area contributed by atoms with E-state index >= 15 is 0 Å². The van der Waals surface area contributed by atoms with Crippen LogP contribution in [-0.4, -0.2) is 29.2 Å². The van der Waals surface area contributed by atoms with E-state index in [1.165, 1.54) is 0 Å². The van der Waals surface area contributed by atoms with Crippen molar-refractivity contribution in [2.45, 2.75) is 29.2 Å². The summed E-state index contributed by atoms with van der Waals surface area (Å²) < 4.78 is 0. The topological polar surface area (TPSA) is 49.2 Å². The number of hydrogen-bond acceptors (Lipinski definition) is 5. The molecule has 2 heterocycles. The number of anilines is 1. The standard InChI is InChI=1S/C27H25N3OS/c1-27(2)20-9-6-10-23(31)25(20)26-21(27)11-12-22(29-26)17-7-5-8-19(15-17)32-24-16-18(30(3)4)13-14-28-24/h5-16,31H,1-4H3. The molecule has 2 aromatic carbocycles. The first-order valence-corrected chi connectivity index (χ1v) is 11.4. The Morgan fingerprint density at radius 3 is 2.53 bits per heavy atom. The van der Waals surface area contributed by atoms with E-state index in [0.29, 0.717) is 0 Å². The van der Waals surface area contributed by atoms with Crippen molar-refractivity contribution in [3.05, 3.63) is 84.1 Å². The minimum Gasteiger partial charge on any atom is -0.507 e. The lowest BCUT2D eigenvalue weighted by atomic mass is 9.83. The molecule has 32 heavy (non-hydrogen) atoms. The first-order valence-electron chi connectivity index (χ1n) is 10.6. The van der Waals surface area contributed by atoms with Gasteiger partial charge in [-0.3, -0.25) is 0 Å². The van der Waals surface area contributed by atoms with Gasteiger partial charge in [-0.05, 0) is 47.5 Å².